The molecule has 2 aromatic heterocycles. The van der Waals surface area contributed by atoms with E-state index < -0.39 is 0 Å². The van der Waals surface area contributed by atoms with Crippen molar-refractivity contribution in [3.8, 4) is 5.82 Å². The lowest BCUT2D eigenvalue weighted by Gasteiger charge is -2.04. The molecule has 2 heterocycles. The average molecular weight is 330 g/mol. The molecule has 0 aliphatic heterocycles. The highest BCUT2D eigenvalue weighted by atomic mass is 32.2. The molecule has 0 amide bonds. The van der Waals surface area contributed by atoms with Gasteiger partial charge in [-0.25, -0.2) is 9.97 Å². The van der Waals surface area contributed by atoms with Crippen molar-refractivity contribution in [1.82, 2.24) is 24.7 Å². The number of thioether (sulfide) groups is 1. The molecule has 2 N–H and O–H groups in total. The number of nitrogen functional groups attached to an aromatic ring is 1. The van der Waals surface area contributed by atoms with Crippen molar-refractivity contribution in [2.75, 3.05) is 18.1 Å². The zero-order chi connectivity index (χ0) is 16.2. The molecule has 8 nitrogen and oxygen atoms in total. The third-order valence-electron chi connectivity index (χ3n) is 2.96. The van der Waals surface area contributed by atoms with Crippen LogP contribution in [-0.4, -0.2) is 43.1 Å². The first-order valence-corrected chi connectivity index (χ1v) is 7.88. The van der Waals surface area contributed by atoms with Gasteiger partial charge in [0.2, 0.25) is 11.1 Å². The van der Waals surface area contributed by atoms with Crippen molar-refractivity contribution in [3.63, 3.8) is 0 Å². The van der Waals surface area contributed by atoms with Crippen LogP contribution in [0.25, 0.3) is 16.7 Å². The number of aromatic nitrogens is 5. The molecule has 0 unspecified atom stereocenters. The first kappa shape index (κ1) is 15.2. The van der Waals surface area contributed by atoms with Gasteiger partial charge in [-0.2, -0.15) is 9.67 Å². The molecule has 1 aromatic carbocycles. The van der Waals surface area contributed by atoms with Crippen molar-refractivity contribution < 1.29 is 9.53 Å². The molecule has 23 heavy (non-hydrogen) atoms. The Morgan fingerprint density at radius 3 is 3.00 bits per heavy atom. The molecule has 118 valence electrons. The summed E-state index contributed by atoms with van der Waals surface area (Å²) in [5, 5.41) is 5.51. The quantitative estimate of drug-likeness (QED) is 0.553. The number of carbonyl (C=O) groups is 1. The summed E-state index contributed by atoms with van der Waals surface area (Å²) in [6.07, 6.45) is 1.45. The van der Waals surface area contributed by atoms with Gasteiger partial charge < -0.3 is 10.5 Å². The summed E-state index contributed by atoms with van der Waals surface area (Å²) in [5.74, 6) is 0.547. The van der Waals surface area contributed by atoms with Gasteiger partial charge in [-0.3, -0.25) is 4.79 Å². The molecule has 0 aliphatic carbocycles. The van der Waals surface area contributed by atoms with Gasteiger partial charge in [0.05, 0.1) is 17.9 Å². The monoisotopic (exact) mass is 330 g/mol. The van der Waals surface area contributed by atoms with Crippen molar-refractivity contribution in [3.05, 3.63) is 30.6 Å². The molecular weight excluding hydrogens is 316 g/mol. The second-order valence-corrected chi connectivity index (χ2v) is 5.41. The highest BCUT2D eigenvalue weighted by molar-refractivity contribution is 7.99. The zero-order valence-corrected chi connectivity index (χ0v) is 13.2. The predicted octanol–water partition coefficient (Wildman–Crippen LogP) is 1.45. The summed E-state index contributed by atoms with van der Waals surface area (Å²) in [5.41, 5.74) is 6.71. The largest absolute Gasteiger partial charge is 0.465 e. The van der Waals surface area contributed by atoms with Crippen LogP contribution in [0.5, 0.6) is 0 Å². The number of benzene rings is 1. The van der Waals surface area contributed by atoms with Crippen LogP contribution in [-0.2, 0) is 9.53 Å². The number of esters is 1. The lowest BCUT2D eigenvalue weighted by Crippen LogP contribution is -2.07. The van der Waals surface area contributed by atoms with Crippen LogP contribution in [0.15, 0.2) is 35.7 Å². The van der Waals surface area contributed by atoms with Crippen LogP contribution in [0.3, 0.4) is 0 Å². The molecule has 0 saturated heterocycles. The van der Waals surface area contributed by atoms with Crippen molar-refractivity contribution in [1.29, 1.82) is 0 Å². The van der Waals surface area contributed by atoms with Crippen molar-refractivity contribution in [2.45, 2.75) is 12.1 Å². The fraction of sp³-hybridized carbons (Fsp3) is 0.214. The number of hydrogen-bond donors (Lipinski definition) is 1. The number of nitrogens with two attached hydrogens (primary N) is 1. The van der Waals surface area contributed by atoms with E-state index in [1.807, 2.05) is 24.3 Å². The van der Waals surface area contributed by atoms with Gasteiger partial charge in [-0.15, -0.1) is 5.10 Å². The number of hydrogen-bond acceptors (Lipinski definition) is 8. The van der Waals surface area contributed by atoms with Crippen LogP contribution in [0.4, 0.5) is 5.95 Å². The number of anilines is 1. The van der Waals surface area contributed by atoms with E-state index in [9.17, 15) is 4.79 Å². The van der Waals surface area contributed by atoms with E-state index in [4.69, 9.17) is 10.5 Å². The molecule has 3 rings (SSSR count). The molecule has 0 saturated carbocycles. The van der Waals surface area contributed by atoms with E-state index >= 15 is 0 Å². The third kappa shape index (κ3) is 3.24. The maximum atomic E-state index is 11.4. The standard InChI is InChI=1S/C14H14N6O2S/c1-2-22-11(21)7-23-14-18-13(15)20(19-14)12-9-5-3-4-6-10(9)16-8-17-12/h3-6,8H,2,7H2,1H3,(H2,15,18,19). The van der Waals surface area contributed by atoms with Gasteiger partial charge in [0.25, 0.3) is 0 Å². The van der Waals surface area contributed by atoms with Crippen LogP contribution in [0, 0.1) is 0 Å². The predicted molar refractivity (Wildman–Crippen MR) is 86.2 cm³/mol. The second kappa shape index (κ2) is 6.61. The molecule has 0 aliphatic rings. The Balaban J connectivity index is 1.90. The van der Waals surface area contributed by atoms with E-state index in [0.29, 0.717) is 17.6 Å². The minimum Gasteiger partial charge on any atom is -0.465 e. The highest BCUT2D eigenvalue weighted by Crippen LogP contribution is 2.22. The van der Waals surface area contributed by atoms with Gasteiger partial charge in [0.1, 0.15) is 6.33 Å². The fourth-order valence-corrected chi connectivity index (χ4v) is 2.63. The summed E-state index contributed by atoms with van der Waals surface area (Å²) in [6.45, 7) is 2.10. The molecule has 0 bridgehead atoms. The van der Waals surface area contributed by atoms with E-state index in [-0.39, 0.29) is 17.7 Å². The maximum Gasteiger partial charge on any atom is 0.316 e. The fourth-order valence-electron chi connectivity index (χ4n) is 2.01. The van der Waals surface area contributed by atoms with Crippen molar-refractivity contribution in [2.24, 2.45) is 0 Å². The number of ether oxygens (including phenoxy) is 1. The smallest absolute Gasteiger partial charge is 0.316 e. The molecule has 9 heteroatoms. The summed E-state index contributed by atoms with van der Waals surface area (Å²) in [4.78, 5) is 24.0. The Kier molecular flexibility index (Phi) is 4.38. The van der Waals surface area contributed by atoms with Crippen LogP contribution in [0.2, 0.25) is 0 Å². The topological polar surface area (TPSA) is 109 Å². The molecule has 0 spiro atoms. The SMILES string of the molecule is CCOC(=O)CSc1nc(N)n(-c2ncnc3ccccc23)n1. The van der Waals surface area contributed by atoms with Crippen molar-refractivity contribution >= 4 is 34.6 Å². The Hall–Kier alpha value is -2.68. The molecule has 3 aromatic rings. The Morgan fingerprint density at radius 1 is 1.35 bits per heavy atom. The minimum absolute atomic E-state index is 0.127. The normalized spacial score (nSPS) is 10.8. The number of rotatable bonds is 5. The van der Waals surface area contributed by atoms with Crippen LogP contribution < -0.4 is 5.73 Å². The summed E-state index contributed by atoms with van der Waals surface area (Å²) in [6, 6.07) is 7.55. The zero-order valence-electron chi connectivity index (χ0n) is 12.3. The van der Waals surface area contributed by atoms with E-state index in [0.717, 1.165) is 22.7 Å². The van der Waals surface area contributed by atoms with Gasteiger partial charge in [0.15, 0.2) is 5.82 Å². The Labute approximate surface area is 136 Å². The molecular formula is C14H14N6O2S. The number of fused-ring (bicyclic) bond motifs is 1. The third-order valence-corrected chi connectivity index (χ3v) is 3.77. The average Bonchev–Trinajstić information content (AvgIpc) is 2.93. The highest BCUT2D eigenvalue weighted by Gasteiger charge is 2.14. The van der Waals surface area contributed by atoms with Crippen LogP contribution in [0.1, 0.15) is 6.92 Å². The van der Waals surface area contributed by atoms with Gasteiger partial charge in [-0.05, 0) is 19.1 Å². The minimum atomic E-state index is -0.320. The van der Waals surface area contributed by atoms with Gasteiger partial charge in [0, 0.05) is 5.39 Å². The van der Waals surface area contributed by atoms with E-state index in [1.54, 1.807) is 6.92 Å². The molecule has 0 radical (unpaired) electrons. The molecule has 0 atom stereocenters. The second-order valence-electron chi connectivity index (χ2n) is 4.47. The summed E-state index contributed by atoms with van der Waals surface area (Å²) in [7, 11) is 0. The number of para-hydroxylation sites is 1. The van der Waals surface area contributed by atoms with Gasteiger partial charge in [-0.1, -0.05) is 23.9 Å². The first-order chi connectivity index (χ1) is 11.2. The molecule has 0 fully saturated rings. The van der Waals surface area contributed by atoms with E-state index in [2.05, 4.69) is 20.1 Å². The van der Waals surface area contributed by atoms with Crippen LogP contribution >= 0.6 is 11.8 Å². The lowest BCUT2D eigenvalue weighted by molar-refractivity contribution is -0.139. The number of nitrogens with zero attached hydrogens (tertiary/aromatic N) is 5. The lowest BCUT2D eigenvalue weighted by atomic mass is 10.2. The first-order valence-electron chi connectivity index (χ1n) is 6.90. The summed E-state index contributed by atoms with van der Waals surface area (Å²) < 4.78 is 6.31. The van der Waals surface area contributed by atoms with E-state index in [1.165, 1.54) is 11.0 Å². The maximum absolute atomic E-state index is 11.4. The summed E-state index contributed by atoms with van der Waals surface area (Å²) >= 11 is 1.16. The van der Waals surface area contributed by atoms with Gasteiger partial charge >= 0.3 is 5.97 Å². The number of carbonyl (C=O) groups excluding carboxylic acids is 1. The Bertz CT molecular complexity index is 845. The Morgan fingerprint density at radius 2 is 2.17 bits per heavy atom.